The predicted molar refractivity (Wildman–Crippen MR) is 133 cm³/mol. The van der Waals surface area contributed by atoms with Gasteiger partial charge in [0.05, 0.1) is 36.1 Å². The zero-order chi connectivity index (χ0) is 24.3. The summed E-state index contributed by atoms with van der Waals surface area (Å²) in [6.07, 6.45) is 18.4. The second-order valence-corrected chi connectivity index (χ2v) is 13.0. The highest BCUT2D eigenvalue weighted by atomic mass is 16.5. The van der Waals surface area contributed by atoms with Crippen molar-refractivity contribution in [2.45, 2.75) is 89.9 Å². The lowest BCUT2D eigenvalue weighted by Crippen LogP contribution is -2.55. The van der Waals surface area contributed by atoms with Crippen LogP contribution in [0.3, 0.4) is 0 Å². The Labute approximate surface area is 205 Å². The number of rotatable bonds is 5. The Morgan fingerprint density at radius 2 is 2.00 bits per heavy atom. The van der Waals surface area contributed by atoms with Crippen LogP contribution in [0, 0.1) is 59.2 Å². The van der Waals surface area contributed by atoms with Gasteiger partial charge in [-0.3, -0.25) is 4.68 Å². The summed E-state index contributed by atoms with van der Waals surface area (Å²) in [5.74, 6) is 6.72. The largest absolute Gasteiger partial charge is 0.390 e. The fourth-order valence-electron chi connectivity index (χ4n) is 9.57. The van der Waals surface area contributed by atoms with E-state index in [-0.39, 0.29) is 17.3 Å². The van der Waals surface area contributed by atoms with Gasteiger partial charge in [0.1, 0.15) is 0 Å². The molecule has 34 heavy (non-hydrogen) atoms. The number of ether oxygens (including phenoxy) is 1. The van der Waals surface area contributed by atoms with Crippen molar-refractivity contribution in [1.82, 2.24) is 9.78 Å². The van der Waals surface area contributed by atoms with Gasteiger partial charge in [-0.1, -0.05) is 12.8 Å². The molecule has 0 spiro atoms. The molecule has 0 aliphatic heterocycles. The van der Waals surface area contributed by atoms with Gasteiger partial charge in [-0.25, -0.2) is 0 Å². The summed E-state index contributed by atoms with van der Waals surface area (Å²) in [4.78, 5) is 0. The fraction of sp³-hybridized carbons (Fsp3) is 0.828. The molecular formula is C29H44N2O3. The van der Waals surface area contributed by atoms with Crippen LogP contribution in [0.4, 0.5) is 0 Å². The van der Waals surface area contributed by atoms with E-state index in [4.69, 9.17) is 11.2 Å². The van der Waals surface area contributed by atoms with E-state index >= 15 is 0 Å². The van der Waals surface area contributed by atoms with Gasteiger partial charge in [-0.2, -0.15) is 5.10 Å². The summed E-state index contributed by atoms with van der Waals surface area (Å²) in [5.41, 5.74) is -0.470. The van der Waals surface area contributed by atoms with Crippen LogP contribution in [0.1, 0.15) is 77.7 Å². The molecule has 1 aromatic heterocycles. The third kappa shape index (κ3) is 3.94. The lowest BCUT2D eigenvalue weighted by atomic mass is 9.47. The highest BCUT2D eigenvalue weighted by Gasteiger charge is 2.61. The van der Waals surface area contributed by atoms with Gasteiger partial charge in [-0.15, -0.1) is 6.42 Å². The van der Waals surface area contributed by atoms with E-state index in [2.05, 4.69) is 17.9 Å². The van der Waals surface area contributed by atoms with Crippen molar-refractivity contribution in [3.8, 4) is 12.3 Å². The second-order valence-electron chi connectivity index (χ2n) is 13.0. The van der Waals surface area contributed by atoms with E-state index in [9.17, 15) is 10.2 Å². The van der Waals surface area contributed by atoms with E-state index in [0.717, 1.165) is 42.6 Å². The van der Waals surface area contributed by atoms with Crippen LogP contribution in [0.15, 0.2) is 12.4 Å². The lowest BCUT2D eigenvalue weighted by Gasteiger charge is -2.59. The molecule has 5 nitrogen and oxygen atoms in total. The van der Waals surface area contributed by atoms with E-state index in [1.807, 2.05) is 24.7 Å². The van der Waals surface area contributed by atoms with Gasteiger partial charge in [0.2, 0.25) is 0 Å². The van der Waals surface area contributed by atoms with Gasteiger partial charge in [0.25, 0.3) is 0 Å². The molecule has 1 aromatic rings. The first kappa shape index (κ1) is 24.3. The SMILES string of the molecule is C#Cc1cnn(C[C@](C)(O)[C@H]2CC[C@H]3[C@@H]4CC[C@@H]5C[C@](C)(O)[C@H](COC)C[C@@H]5[C@H]4CC[C@@]32C)c1. The Bertz CT molecular complexity index is 930. The van der Waals surface area contributed by atoms with Crippen molar-refractivity contribution in [1.29, 1.82) is 0 Å². The van der Waals surface area contributed by atoms with Gasteiger partial charge in [0, 0.05) is 19.2 Å². The molecule has 0 amide bonds. The minimum atomic E-state index is -0.807. The lowest BCUT2D eigenvalue weighted by molar-refractivity contribution is -0.148. The molecule has 4 aliphatic carbocycles. The minimum absolute atomic E-state index is 0.172. The van der Waals surface area contributed by atoms with Crippen LogP contribution in [0.2, 0.25) is 0 Å². The molecule has 188 valence electrons. The van der Waals surface area contributed by atoms with Gasteiger partial charge in [-0.05, 0) is 106 Å². The van der Waals surface area contributed by atoms with Crippen LogP contribution < -0.4 is 0 Å². The number of fused-ring (bicyclic) bond motifs is 5. The number of hydrogen-bond donors (Lipinski definition) is 2. The molecule has 5 heteroatoms. The first-order valence-corrected chi connectivity index (χ1v) is 13.5. The van der Waals surface area contributed by atoms with E-state index < -0.39 is 11.2 Å². The number of aromatic nitrogens is 2. The van der Waals surface area contributed by atoms with Crippen molar-refractivity contribution in [2.24, 2.45) is 46.8 Å². The van der Waals surface area contributed by atoms with E-state index in [0.29, 0.717) is 25.0 Å². The van der Waals surface area contributed by atoms with Gasteiger partial charge < -0.3 is 14.9 Å². The number of terminal acetylenes is 1. The van der Waals surface area contributed by atoms with Crippen LogP contribution in [0.25, 0.3) is 0 Å². The monoisotopic (exact) mass is 468 g/mol. The van der Waals surface area contributed by atoms with Crippen molar-refractivity contribution < 1.29 is 14.9 Å². The molecule has 4 aliphatic rings. The Morgan fingerprint density at radius 1 is 1.21 bits per heavy atom. The van der Waals surface area contributed by atoms with Crippen molar-refractivity contribution in [3.05, 3.63) is 18.0 Å². The first-order valence-electron chi connectivity index (χ1n) is 13.5. The standard InChI is InChI=1S/C29H44N2O3/c1-6-19-15-30-31(16-19)18-29(4,33)26-10-9-25-23-8-7-20-14-28(3,32)21(17-34-5)13-24(20)22(23)11-12-27(25,26)2/h1,15-16,20-26,32-33H,7-14,17-18H2,2-5H3/t20-,21+,22+,23-,24+,25+,26+,27+,28+,29+/m1/s1. The van der Waals surface area contributed by atoms with Crippen molar-refractivity contribution >= 4 is 0 Å². The molecule has 1 heterocycles. The van der Waals surface area contributed by atoms with Gasteiger partial charge >= 0.3 is 0 Å². The topological polar surface area (TPSA) is 67.5 Å². The molecule has 4 fully saturated rings. The number of hydrogen-bond acceptors (Lipinski definition) is 4. The molecule has 2 N–H and O–H groups in total. The van der Waals surface area contributed by atoms with E-state index in [1.165, 1.54) is 32.1 Å². The zero-order valence-corrected chi connectivity index (χ0v) is 21.5. The molecule has 10 atom stereocenters. The van der Waals surface area contributed by atoms with Crippen LogP contribution >= 0.6 is 0 Å². The zero-order valence-electron chi connectivity index (χ0n) is 21.5. The smallest absolute Gasteiger partial charge is 0.0848 e. The third-order valence-corrected chi connectivity index (χ3v) is 11.0. The molecule has 0 radical (unpaired) electrons. The summed E-state index contributed by atoms with van der Waals surface area (Å²) >= 11 is 0. The maximum atomic E-state index is 11.7. The van der Waals surface area contributed by atoms with Gasteiger partial charge in [0.15, 0.2) is 0 Å². The molecule has 0 unspecified atom stereocenters. The maximum absolute atomic E-state index is 11.7. The Morgan fingerprint density at radius 3 is 2.71 bits per heavy atom. The van der Waals surface area contributed by atoms with Crippen molar-refractivity contribution in [3.63, 3.8) is 0 Å². The first-order chi connectivity index (χ1) is 16.1. The summed E-state index contributed by atoms with van der Waals surface area (Å²) in [6.45, 7) is 7.68. The average Bonchev–Trinajstić information content (AvgIpc) is 3.37. The van der Waals surface area contributed by atoms with Crippen molar-refractivity contribution in [2.75, 3.05) is 13.7 Å². The molecular weight excluding hydrogens is 424 g/mol. The second kappa shape index (κ2) is 8.64. The molecule has 0 bridgehead atoms. The summed E-state index contributed by atoms with van der Waals surface area (Å²) in [5, 5.41) is 27.3. The maximum Gasteiger partial charge on any atom is 0.0848 e. The number of nitrogens with zero attached hydrogens (tertiary/aromatic N) is 2. The summed E-state index contributed by atoms with van der Waals surface area (Å²) in [6, 6.07) is 0. The molecule has 4 saturated carbocycles. The van der Waals surface area contributed by atoms with Crippen LogP contribution in [0.5, 0.6) is 0 Å². The highest BCUT2D eigenvalue weighted by Crippen LogP contribution is 2.66. The highest BCUT2D eigenvalue weighted by molar-refractivity contribution is 5.26. The van der Waals surface area contributed by atoms with Crippen LogP contribution in [-0.2, 0) is 11.3 Å². The number of aliphatic hydroxyl groups is 2. The Balaban J connectivity index is 1.33. The quantitative estimate of drug-likeness (QED) is 0.624. The summed E-state index contributed by atoms with van der Waals surface area (Å²) < 4.78 is 7.35. The van der Waals surface area contributed by atoms with Crippen LogP contribution in [-0.4, -0.2) is 44.9 Å². The van der Waals surface area contributed by atoms with E-state index in [1.54, 1.807) is 13.3 Å². The minimum Gasteiger partial charge on any atom is -0.390 e. The normalized spacial score (nSPS) is 45.5. The number of methoxy groups -OCH3 is 1. The fourth-order valence-corrected chi connectivity index (χ4v) is 9.57. The predicted octanol–water partition coefficient (Wildman–Crippen LogP) is 4.51. The molecule has 0 aromatic carbocycles. The Hall–Kier alpha value is -1.35. The summed E-state index contributed by atoms with van der Waals surface area (Å²) in [7, 11) is 1.76. The average molecular weight is 469 g/mol. The molecule has 0 saturated heterocycles. The third-order valence-electron chi connectivity index (χ3n) is 11.0. The molecule has 5 rings (SSSR count). The Kier molecular flexibility index (Phi) is 6.19.